The largest absolute Gasteiger partial charge is 0.433 e. The van der Waals surface area contributed by atoms with Crippen molar-refractivity contribution in [3.63, 3.8) is 0 Å². The van der Waals surface area contributed by atoms with E-state index in [2.05, 4.69) is 30.9 Å². The highest BCUT2D eigenvalue weighted by Crippen LogP contribution is 2.35. The molecule has 11 heteroatoms. The molecule has 0 unspecified atom stereocenters. The van der Waals surface area contributed by atoms with E-state index in [0.717, 1.165) is 32.0 Å². The van der Waals surface area contributed by atoms with Gasteiger partial charge in [0, 0.05) is 32.8 Å². The molecule has 0 atom stereocenters. The van der Waals surface area contributed by atoms with E-state index >= 15 is 0 Å². The molecule has 4 nitrogen and oxygen atoms in total. The van der Waals surface area contributed by atoms with Crippen LogP contribution in [0.4, 0.5) is 19.0 Å². The second-order valence-corrected chi connectivity index (χ2v) is 8.08. The normalized spacial score (nSPS) is 12.0. The Balaban J connectivity index is 1.73. The fourth-order valence-corrected chi connectivity index (χ4v) is 4.73. The third-order valence-electron chi connectivity index (χ3n) is 3.13. The summed E-state index contributed by atoms with van der Waals surface area (Å²) < 4.78 is 40.1. The Bertz CT molecular complexity index is 932. The summed E-state index contributed by atoms with van der Waals surface area (Å²) in [6.07, 6.45) is -4.06. The molecule has 0 saturated carbocycles. The molecule has 3 aromatic heterocycles. The lowest BCUT2D eigenvalue weighted by atomic mass is 10.2. The summed E-state index contributed by atoms with van der Waals surface area (Å²) in [6, 6.07) is 2.62. The third-order valence-corrected chi connectivity index (χ3v) is 6.32. The molecule has 3 aromatic rings. The van der Waals surface area contributed by atoms with Crippen LogP contribution < -0.4 is 5.73 Å². The summed E-state index contributed by atoms with van der Waals surface area (Å²) in [4.78, 5) is 11.6. The number of pyridine rings is 1. The highest BCUT2D eigenvalue weighted by molar-refractivity contribution is 9.10. The smallest absolute Gasteiger partial charge is 0.384 e. The van der Waals surface area contributed by atoms with Crippen LogP contribution in [-0.4, -0.2) is 20.7 Å². The lowest BCUT2D eigenvalue weighted by Crippen LogP contribution is -2.11. The van der Waals surface area contributed by atoms with Gasteiger partial charge in [-0.3, -0.25) is 0 Å². The number of aryl methyl sites for hydroxylation is 1. The maximum atomic E-state index is 12.8. The van der Waals surface area contributed by atoms with E-state index in [0.29, 0.717) is 23.4 Å². The minimum Gasteiger partial charge on any atom is -0.384 e. The average Bonchev–Trinajstić information content (AvgIpc) is 2.88. The Kier molecular flexibility index (Phi) is 5.42. The van der Waals surface area contributed by atoms with Crippen molar-refractivity contribution in [2.24, 2.45) is 0 Å². The van der Waals surface area contributed by atoms with E-state index in [1.54, 1.807) is 0 Å². The summed E-state index contributed by atoms with van der Waals surface area (Å²) >= 11 is 12.2. The minimum atomic E-state index is -4.56. The molecule has 3 rings (SSSR count). The van der Waals surface area contributed by atoms with Crippen molar-refractivity contribution in [3.8, 4) is 0 Å². The van der Waals surface area contributed by atoms with Crippen LogP contribution in [-0.2, 0) is 12.6 Å². The predicted molar refractivity (Wildman–Crippen MR) is 98.2 cm³/mol. The van der Waals surface area contributed by atoms with Crippen LogP contribution in [0.15, 0.2) is 27.1 Å². The van der Waals surface area contributed by atoms with Crippen LogP contribution >= 0.6 is 50.6 Å². The lowest BCUT2D eigenvalue weighted by molar-refractivity contribution is -0.141. The molecule has 0 spiro atoms. The van der Waals surface area contributed by atoms with Gasteiger partial charge in [0.25, 0.3) is 0 Å². The number of rotatable bonds is 4. The van der Waals surface area contributed by atoms with Gasteiger partial charge in [0.15, 0.2) is 10.9 Å². The first-order chi connectivity index (χ1) is 11.7. The maximum absolute atomic E-state index is 12.8. The zero-order valence-electron chi connectivity index (χ0n) is 12.3. The molecule has 3 heterocycles. The van der Waals surface area contributed by atoms with Crippen LogP contribution in [0.25, 0.3) is 10.1 Å². The van der Waals surface area contributed by atoms with Crippen molar-refractivity contribution < 1.29 is 13.2 Å². The van der Waals surface area contributed by atoms with E-state index in [1.165, 1.54) is 11.3 Å². The van der Waals surface area contributed by atoms with Crippen molar-refractivity contribution >= 4 is 66.5 Å². The number of anilines is 1. The summed E-state index contributed by atoms with van der Waals surface area (Å²) in [5.41, 5.74) is 5.12. The first-order valence-electron chi connectivity index (χ1n) is 6.80. The molecule has 0 aliphatic carbocycles. The van der Waals surface area contributed by atoms with E-state index in [4.69, 9.17) is 17.3 Å². The number of nitrogen functional groups attached to an aromatic ring is 1. The zero-order chi connectivity index (χ0) is 18.2. The topological polar surface area (TPSA) is 64.7 Å². The number of alkyl halides is 3. The van der Waals surface area contributed by atoms with Crippen molar-refractivity contribution in [2.45, 2.75) is 17.8 Å². The van der Waals surface area contributed by atoms with E-state index < -0.39 is 11.9 Å². The van der Waals surface area contributed by atoms with Gasteiger partial charge in [-0.2, -0.15) is 13.2 Å². The SMILES string of the molecule is Nc1cc(C(F)(F)F)nc(SCCc2cc3c(Br)csc3c(Cl)n2)n1. The van der Waals surface area contributed by atoms with Crippen LogP contribution in [0.2, 0.25) is 5.15 Å². The summed E-state index contributed by atoms with van der Waals surface area (Å²) in [6.45, 7) is 0. The molecule has 0 saturated heterocycles. The van der Waals surface area contributed by atoms with Crippen molar-refractivity contribution in [2.75, 3.05) is 11.5 Å². The summed E-state index contributed by atoms with van der Waals surface area (Å²) in [5.74, 6) is 0.228. The molecule has 0 amide bonds. The molecular formula is C14H9BrClF3N4S2. The lowest BCUT2D eigenvalue weighted by Gasteiger charge is -2.08. The van der Waals surface area contributed by atoms with Gasteiger partial charge in [0.1, 0.15) is 11.0 Å². The predicted octanol–water partition coefficient (Wildman–Crippen LogP) is 5.44. The molecule has 0 fully saturated rings. The van der Waals surface area contributed by atoms with Crippen LogP contribution in [0.3, 0.4) is 0 Å². The van der Waals surface area contributed by atoms with Crippen LogP contribution in [0.5, 0.6) is 0 Å². The monoisotopic (exact) mass is 468 g/mol. The van der Waals surface area contributed by atoms with Crippen molar-refractivity contribution in [1.29, 1.82) is 0 Å². The summed E-state index contributed by atoms with van der Waals surface area (Å²) in [7, 11) is 0. The van der Waals surface area contributed by atoms with Crippen molar-refractivity contribution in [1.82, 2.24) is 15.0 Å². The van der Waals surface area contributed by atoms with E-state index in [9.17, 15) is 13.2 Å². The molecule has 0 aromatic carbocycles. The highest BCUT2D eigenvalue weighted by atomic mass is 79.9. The second-order valence-electron chi connectivity index (χ2n) is 4.92. The first kappa shape index (κ1) is 18.7. The summed E-state index contributed by atoms with van der Waals surface area (Å²) in [5, 5.41) is 3.28. The van der Waals surface area contributed by atoms with Gasteiger partial charge < -0.3 is 5.73 Å². The van der Waals surface area contributed by atoms with Crippen LogP contribution in [0.1, 0.15) is 11.4 Å². The number of hydrogen-bond acceptors (Lipinski definition) is 6. The number of nitrogens with zero attached hydrogens (tertiary/aromatic N) is 3. The van der Waals surface area contributed by atoms with Gasteiger partial charge >= 0.3 is 6.18 Å². The Morgan fingerprint density at radius 2 is 2.00 bits per heavy atom. The van der Waals surface area contributed by atoms with Crippen LogP contribution in [0, 0.1) is 0 Å². The Labute approximate surface area is 162 Å². The molecule has 0 aliphatic heterocycles. The van der Waals surface area contributed by atoms with Crippen molar-refractivity contribution in [3.05, 3.63) is 38.5 Å². The van der Waals surface area contributed by atoms with E-state index in [1.807, 2.05) is 11.4 Å². The molecule has 2 N–H and O–H groups in total. The number of thiophene rings is 1. The number of hydrogen-bond donors (Lipinski definition) is 1. The maximum Gasteiger partial charge on any atom is 0.433 e. The molecule has 132 valence electrons. The fourth-order valence-electron chi connectivity index (χ4n) is 2.04. The van der Waals surface area contributed by atoms with Gasteiger partial charge in [-0.1, -0.05) is 23.4 Å². The molecular weight excluding hydrogens is 461 g/mol. The highest BCUT2D eigenvalue weighted by Gasteiger charge is 2.33. The third kappa shape index (κ3) is 4.36. The zero-order valence-corrected chi connectivity index (χ0v) is 16.2. The fraction of sp³-hybridized carbons (Fsp3) is 0.214. The first-order valence-corrected chi connectivity index (χ1v) is 9.84. The molecule has 25 heavy (non-hydrogen) atoms. The number of nitrogens with two attached hydrogens (primary N) is 1. The number of aromatic nitrogens is 3. The Hall–Kier alpha value is -1.10. The quantitative estimate of drug-likeness (QED) is 0.313. The van der Waals surface area contributed by atoms with Gasteiger partial charge in [0.05, 0.1) is 4.70 Å². The Morgan fingerprint density at radius 3 is 2.72 bits per heavy atom. The molecule has 0 bridgehead atoms. The van der Waals surface area contributed by atoms with E-state index in [-0.39, 0.29) is 11.0 Å². The second kappa shape index (κ2) is 7.26. The van der Waals surface area contributed by atoms with Gasteiger partial charge in [-0.05, 0) is 28.4 Å². The standard InChI is InChI=1S/C14H9BrClF3N4S2/c15-8-5-25-11-7(8)3-6(21-12(11)16)1-2-24-13-22-9(14(17,18)19)4-10(20)23-13/h3-5H,1-2H2,(H2,20,22,23). The van der Waals surface area contributed by atoms with Gasteiger partial charge in [0.2, 0.25) is 0 Å². The molecule has 0 aliphatic rings. The minimum absolute atomic E-state index is 0.0174. The molecule has 0 radical (unpaired) electrons. The number of thioether (sulfide) groups is 1. The Morgan fingerprint density at radius 1 is 1.24 bits per heavy atom. The van der Waals surface area contributed by atoms with Gasteiger partial charge in [-0.25, -0.2) is 15.0 Å². The average molecular weight is 470 g/mol. The number of halogens is 5. The van der Waals surface area contributed by atoms with Gasteiger partial charge in [-0.15, -0.1) is 11.3 Å². The number of fused-ring (bicyclic) bond motifs is 1.